The summed E-state index contributed by atoms with van der Waals surface area (Å²) in [5.41, 5.74) is 0. The molecule has 76 valence electrons. The quantitative estimate of drug-likeness (QED) is 0.718. The van der Waals surface area contributed by atoms with Gasteiger partial charge in [-0.05, 0) is 13.0 Å². The first kappa shape index (κ1) is 10.4. The second-order valence-corrected chi connectivity index (χ2v) is 2.74. The minimum atomic E-state index is -0.233. The highest BCUT2D eigenvalue weighted by Crippen LogP contribution is 2.00. The molecule has 1 aromatic rings. The minimum Gasteiger partial charge on any atom is -0.469 e. The fourth-order valence-corrected chi connectivity index (χ4v) is 0.949. The van der Waals surface area contributed by atoms with Crippen LogP contribution >= 0.6 is 0 Å². The third-order valence-corrected chi connectivity index (χ3v) is 1.64. The number of aryl methyl sites for hydroxylation is 1. The summed E-state index contributed by atoms with van der Waals surface area (Å²) in [6.45, 7) is 2.33. The Morgan fingerprint density at radius 1 is 1.64 bits per heavy atom. The summed E-state index contributed by atoms with van der Waals surface area (Å²) in [4.78, 5) is 18.9. The van der Waals surface area contributed by atoms with E-state index in [-0.39, 0.29) is 5.97 Å². The van der Waals surface area contributed by atoms with E-state index in [2.05, 4.69) is 20.0 Å². The molecule has 0 aliphatic heterocycles. The predicted octanol–water partition coefficient (Wildman–Crippen LogP) is 0.760. The van der Waals surface area contributed by atoms with E-state index in [9.17, 15) is 4.79 Å². The molecule has 0 amide bonds. The normalized spacial score (nSPS) is 9.57. The van der Waals surface area contributed by atoms with Crippen LogP contribution in [0.5, 0.6) is 0 Å². The molecule has 0 saturated heterocycles. The lowest BCUT2D eigenvalue weighted by molar-refractivity contribution is -0.140. The number of rotatable bonds is 4. The third kappa shape index (κ3) is 3.38. The average Bonchev–Trinajstić information content (AvgIpc) is 2.17. The number of methoxy groups -OCH3 is 1. The first-order valence-corrected chi connectivity index (χ1v) is 4.32. The molecule has 0 radical (unpaired) electrons. The SMILES string of the molecule is COC(=O)CCNc1ccnc(C)n1. The van der Waals surface area contributed by atoms with E-state index < -0.39 is 0 Å². The van der Waals surface area contributed by atoms with E-state index >= 15 is 0 Å². The summed E-state index contributed by atoms with van der Waals surface area (Å²) < 4.78 is 4.50. The topological polar surface area (TPSA) is 64.1 Å². The second-order valence-electron chi connectivity index (χ2n) is 2.74. The number of carbonyl (C=O) groups excluding carboxylic acids is 1. The molecule has 0 fully saturated rings. The van der Waals surface area contributed by atoms with Crippen molar-refractivity contribution in [1.82, 2.24) is 9.97 Å². The van der Waals surface area contributed by atoms with Crippen molar-refractivity contribution in [3.63, 3.8) is 0 Å². The summed E-state index contributed by atoms with van der Waals surface area (Å²) in [6.07, 6.45) is 2.00. The van der Waals surface area contributed by atoms with Gasteiger partial charge in [0.1, 0.15) is 11.6 Å². The maximum atomic E-state index is 10.8. The van der Waals surface area contributed by atoms with Crippen LogP contribution in [-0.2, 0) is 9.53 Å². The number of esters is 1. The van der Waals surface area contributed by atoms with Gasteiger partial charge in [0.2, 0.25) is 0 Å². The monoisotopic (exact) mass is 195 g/mol. The Balaban J connectivity index is 2.35. The maximum absolute atomic E-state index is 10.8. The summed E-state index contributed by atoms with van der Waals surface area (Å²) in [6, 6.07) is 1.75. The smallest absolute Gasteiger partial charge is 0.307 e. The van der Waals surface area contributed by atoms with Gasteiger partial charge < -0.3 is 10.1 Å². The molecule has 0 aliphatic carbocycles. The zero-order valence-corrected chi connectivity index (χ0v) is 8.28. The number of anilines is 1. The third-order valence-electron chi connectivity index (χ3n) is 1.64. The standard InChI is InChI=1S/C9H13N3O2/c1-7-10-5-3-8(12-7)11-6-4-9(13)14-2/h3,5H,4,6H2,1-2H3,(H,10,11,12). The predicted molar refractivity (Wildman–Crippen MR) is 51.9 cm³/mol. The molecular weight excluding hydrogens is 182 g/mol. The van der Waals surface area contributed by atoms with Crippen molar-refractivity contribution in [2.24, 2.45) is 0 Å². The van der Waals surface area contributed by atoms with Gasteiger partial charge in [-0.3, -0.25) is 4.79 Å². The molecule has 1 heterocycles. The Bertz CT molecular complexity index is 315. The lowest BCUT2D eigenvalue weighted by atomic mass is 10.4. The van der Waals surface area contributed by atoms with Gasteiger partial charge in [-0.15, -0.1) is 0 Å². The minimum absolute atomic E-state index is 0.233. The molecule has 1 rings (SSSR count). The molecule has 1 aromatic heterocycles. The zero-order valence-electron chi connectivity index (χ0n) is 8.28. The lowest BCUT2D eigenvalue weighted by Crippen LogP contribution is -2.10. The Kier molecular flexibility index (Phi) is 3.84. The summed E-state index contributed by atoms with van der Waals surface area (Å²) in [5, 5.41) is 3.00. The number of aromatic nitrogens is 2. The number of nitrogens with zero attached hydrogens (tertiary/aromatic N) is 2. The molecular formula is C9H13N3O2. The van der Waals surface area contributed by atoms with Crippen molar-refractivity contribution in [1.29, 1.82) is 0 Å². The van der Waals surface area contributed by atoms with E-state index in [1.54, 1.807) is 12.3 Å². The van der Waals surface area contributed by atoms with Crippen LogP contribution in [0.3, 0.4) is 0 Å². The fraction of sp³-hybridized carbons (Fsp3) is 0.444. The van der Waals surface area contributed by atoms with Crippen LogP contribution in [0.2, 0.25) is 0 Å². The Labute approximate surface area is 82.5 Å². The molecule has 0 aliphatic rings. The molecule has 5 nitrogen and oxygen atoms in total. The molecule has 14 heavy (non-hydrogen) atoms. The van der Waals surface area contributed by atoms with E-state index in [1.165, 1.54) is 7.11 Å². The first-order chi connectivity index (χ1) is 6.72. The first-order valence-electron chi connectivity index (χ1n) is 4.32. The van der Waals surface area contributed by atoms with E-state index in [1.807, 2.05) is 6.92 Å². The van der Waals surface area contributed by atoms with Crippen molar-refractivity contribution < 1.29 is 9.53 Å². The van der Waals surface area contributed by atoms with Gasteiger partial charge in [-0.1, -0.05) is 0 Å². The Morgan fingerprint density at radius 2 is 2.43 bits per heavy atom. The van der Waals surface area contributed by atoms with Crippen molar-refractivity contribution in [2.75, 3.05) is 19.0 Å². The molecule has 0 spiro atoms. The van der Waals surface area contributed by atoms with Crippen molar-refractivity contribution in [3.05, 3.63) is 18.1 Å². The number of nitrogens with one attached hydrogen (secondary N) is 1. The van der Waals surface area contributed by atoms with Crippen LogP contribution in [-0.4, -0.2) is 29.6 Å². The largest absolute Gasteiger partial charge is 0.469 e. The molecule has 0 bridgehead atoms. The number of hydrogen-bond acceptors (Lipinski definition) is 5. The molecule has 0 unspecified atom stereocenters. The highest BCUT2D eigenvalue weighted by Gasteiger charge is 1.99. The van der Waals surface area contributed by atoms with Gasteiger partial charge in [0.25, 0.3) is 0 Å². The zero-order chi connectivity index (χ0) is 10.4. The highest BCUT2D eigenvalue weighted by molar-refractivity contribution is 5.69. The van der Waals surface area contributed by atoms with Crippen LogP contribution in [0.15, 0.2) is 12.3 Å². The molecule has 0 atom stereocenters. The van der Waals surface area contributed by atoms with Crippen LogP contribution in [0.1, 0.15) is 12.2 Å². The van der Waals surface area contributed by atoms with Gasteiger partial charge in [0.05, 0.1) is 13.5 Å². The van der Waals surface area contributed by atoms with E-state index in [0.29, 0.717) is 18.8 Å². The van der Waals surface area contributed by atoms with Crippen molar-refractivity contribution >= 4 is 11.8 Å². The summed E-state index contributed by atoms with van der Waals surface area (Å²) >= 11 is 0. The fourth-order valence-electron chi connectivity index (χ4n) is 0.949. The average molecular weight is 195 g/mol. The van der Waals surface area contributed by atoms with Gasteiger partial charge in [0.15, 0.2) is 0 Å². The van der Waals surface area contributed by atoms with Crippen molar-refractivity contribution in [2.45, 2.75) is 13.3 Å². The van der Waals surface area contributed by atoms with Gasteiger partial charge in [-0.25, -0.2) is 9.97 Å². The Morgan fingerprint density at radius 3 is 3.07 bits per heavy atom. The number of hydrogen-bond donors (Lipinski definition) is 1. The van der Waals surface area contributed by atoms with E-state index in [4.69, 9.17) is 0 Å². The molecule has 1 N–H and O–H groups in total. The van der Waals surface area contributed by atoms with Gasteiger partial charge >= 0.3 is 5.97 Å². The number of carbonyl (C=O) groups is 1. The van der Waals surface area contributed by atoms with Gasteiger partial charge in [-0.2, -0.15) is 0 Å². The van der Waals surface area contributed by atoms with Crippen LogP contribution in [0, 0.1) is 6.92 Å². The number of ether oxygens (including phenoxy) is 1. The highest BCUT2D eigenvalue weighted by atomic mass is 16.5. The summed E-state index contributed by atoms with van der Waals surface area (Å²) in [7, 11) is 1.37. The van der Waals surface area contributed by atoms with Crippen LogP contribution < -0.4 is 5.32 Å². The maximum Gasteiger partial charge on any atom is 0.307 e. The molecule has 0 saturated carbocycles. The molecule has 0 aromatic carbocycles. The van der Waals surface area contributed by atoms with Gasteiger partial charge in [0, 0.05) is 12.7 Å². The summed E-state index contributed by atoms with van der Waals surface area (Å²) in [5.74, 6) is 1.19. The van der Waals surface area contributed by atoms with Crippen molar-refractivity contribution in [3.8, 4) is 0 Å². The van der Waals surface area contributed by atoms with Crippen LogP contribution in [0.4, 0.5) is 5.82 Å². The second kappa shape index (κ2) is 5.16. The van der Waals surface area contributed by atoms with Crippen LogP contribution in [0.25, 0.3) is 0 Å². The van der Waals surface area contributed by atoms with E-state index in [0.717, 1.165) is 5.82 Å². The molecule has 5 heteroatoms. The lowest BCUT2D eigenvalue weighted by Gasteiger charge is -2.04. The Hall–Kier alpha value is -1.65.